The molecule has 0 aliphatic carbocycles. The third-order valence-corrected chi connectivity index (χ3v) is 9.68. The lowest BCUT2D eigenvalue weighted by atomic mass is 9.79. The summed E-state index contributed by atoms with van der Waals surface area (Å²) in [4.78, 5) is 0. The lowest BCUT2D eigenvalue weighted by Gasteiger charge is -2.50. The largest absolute Gasteiger partial charge is 0.413 e. The van der Waals surface area contributed by atoms with Crippen LogP contribution in [0.5, 0.6) is 0 Å². The van der Waals surface area contributed by atoms with E-state index in [2.05, 4.69) is 81.2 Å². The van der Waals surface area contributed by atoms with Gasteiger partial charge in [0.1, 0.15) is 0 Å². The van der Waals surface area contributed by atoms with Crippen molar-refractivity contribution in [3.05, 3.63) is 0 Å². The molecule has 0 N–H and O–H groups in total. The average molecular weight is 305 g/mol. The molecule has 0 rings (SSSR count). The normalized spacial score (nSPS) is 15.8. The van der Waals surface area contributed by atoms with Crippen molar-refractivity contribution in [2.75, 3.05) is 0 Å². The third-order valence-electron chi connectivity index (χ3n) is 4.33. The number of rotatable bonds is 5. The molecule has 19 heavy (non-hydrogen) atoms. The second-order valence-corrected chi connectivity index (χ2v) is 18.0. The highest BCUT2D eigenvalue weighted by atomic mass is 28.4. The first-order valence-corrected chi connectivity index (χ1v) is 13.6. The van der Waals surface area contributed by atoms with Crippen LogP contribution >= 0.6 is 0 Å². The summed E-state index contributed by atoms with van der Waals surface area (Å²) in [7, 11) is -3.54. The summed E-state index contributed by atoms with van der Waals surface area (Å²) in [6.07, 6.45) is 0. The molecule has 0 aromatic carbocycles. The Hall–Kier alpha value is 0.354. The van der Waals surface area contributed by atoms with Crippen LogP contribution in [0.1, 0.15) is 48.5 Å². The molecule has 0 amide bonds. The Labute approximate surface area is 123 Å². The first-order chi connectivity index (χ1) is 7.91. The Kier molecular flexibility index (Phi) is 5.38. The molecular weight excluding hydrogens is 268 g/mol. The lowest BCUT2D eigenvalue weighted by Crippen LogP contribution is -2.62. The van der Waals surface area contributed by atoms with Gasteiger partial charge in [-0.2, -0.15) is 0 Å². The maximum atomic E-state index is 6.64. The second kappa shape index (κ2) is 5.28. The van der Waals surface area contributed by atoms with Crippen LogP contribution in [0.3, 0.4) is 0 Å². The van der Waals surface area contributed by atoms with E-state index in [4.69, 9.17) is 8.85 Å². The fourth-order valence-corrected chi connectivity index (χ4v) is 7.06. The van der Waals surface area contributed by atoms with Crippen LogP contribution in [0, 0.1) is 5.41 Å². The fourth-order valence-electron chi connectivity index (χ4n) is 1.80. The van der Waals surface area contributed by atoms with Crippen molar-refractivity contribution >= 4 is 16.6 Å². The summed E-state index contributed by atoms with van der Waals surface area (Å²) >= 11 is 0. The van der Waals surface area contributed by atoms with Crippen molar-refractivity contribution in [2.45, 2.75) is 92.0 Å². The van der Waals surface area contributed by atoms with E-state index in [-0.39, 0.29) is 16.2 Å². The topological polar surface area (TPSA) is 18.5 Å². The highest BCUT2D eigenvalue weighted by Crippen LogP contribution is 2.39. The molecule has 4 heteroatoms. The summed E-state index contributed by atoms with van der Waals surface area (Å²) in [5.41, 5.74) is -0.0324. The van der Waals surface area contributed by atoms with Gasteiger partial charge in [0.05, 0.1) is 10.8 Å². The smallest absolute Gasteiger partial charge is 0.216 e. The zero-order chi connectivity index (χ0) is 15.9. The van der Waals surface area contributed by atoms with Crippen LogP contribution in [0.15, 0.2) is 0 Å². The van der Waals surface area contributed by atoms with Crippen LogP contribution in [0.25, 0.3) is 0 Å². The maximum Gasteiger partial charge on any atom is 0.216 e. The summed E-state index contributed by atoms with van der Waals surface area (Å²) in [6, 6.07) is 0. The van der Waals surface area contributed by atoms with E-state index in [1.165, 1.54) is 0 Å². The Bertz CT molecular complexity index is 307. The van der Waals surface area contributed by atoms with Crippen LogP contribution in [0.4, 0.5) is 0 Å². The van der Waals surface area contributed by atoms with E-state index < -0.39 is 16.6 Å². The molecule has 0 bridgehead atoms. The van der Waals surface area contributed by atoms with E-state index >= 15 is 0 Å². The molecular formula is C15H36O2Si2. The van der Waals surface area contributed by atoms with Gasteiger partial charge in [0.2, 0.25) is 8.32 Å². The number of hydrogen-bond acceptors (Lipinski definition) is 2. The predicted molar refractivity (Wildman–Crippen MR) is 90.6 cm³/mol. The van der Waals surface area contributed by atoms with Gasteiger partial charge in [0.15, 0.2) is 8.32 Å². The third kappa shape index (κ3) is 5.33. The van der Waals surface area contributed by atoms with Gasteiger partial charge < -0.3 is 8.85 Å². The lowest BCUT2D eigenvalue weighted by molar-refractivity contribution is -0.0230. The molecule has 116 valence electrons. The Morgan fingerprint density at radius 2 is 1.00 bits per heavy atom. The van der Waals surface area contributed by atoms with Crippen molar-refractivity contribution in [1.82, 2.24) is 0 Å². The van der Waals surface area contributed by atoms with E-state index in [1.54, 1.807) is 0 Å². The molecule has 0 aromatic rings. The molecule has 0 atom stereocenters. The Balaban J connectivity index is 5.18. The van der Waals surface area contributed by atoms with E-state index in [9.17, 15) is 0 Å². The van der Waals surface area contributed by atoms with Crippen LogP contribution in [-0.4, -0.2) is 27.5 Å². The highest BCUT2D eigenvalue weighted by molar-refractivity contribution is 6.76. The molecule has 0 aliphatic rings. The highest BCUT2D eigenvalue weighted by Gasteiger charge is 2.49. The van der Waals surface area contributed by atoms with Crippen LogP contribution in [-0.2, 0) is 8.85 Å². The predicted octanol–water partition coefficient (Wildman–Crippen LogP) is 5.20. The summed E-state index contributed by atoms with van der Waals surface area (Å²) in [5, 5.41) is -0.167. The quantitative estimate of drug-likeness (QED) is 0.650. The molecule has 0 unspecified atom stereocenters. The van der Waals surface area contributed by atoms with Crippen molar-refractivity contribution in [3.63, 3.8) is 0 Å². The van der Waals surface area contributed by atoms with E-state index in [1.807, 2.05) is 0 Å². The number of hydrogen-bond donors (Lipinski definition) is 0. The minimum Gasteiger partial charge on any atom is -0.413 e. The first-order valence-electron chi connectivity index (χ1n) is 7.32. The SMILES string of the molecule is CC(C)(C)C(C)(C)O[Si](C)(C)C(C)(C)O[Si](C)(C)C. The molecule has 0 heterocycles. The summed E-state index contributed by atoms with van der Waals surface area (Å²) < 4.78 is 13.1. The summed E-state index contributed by atoms with van der Waals surface area (Å²) in [5.74, 6) is 0. The van der Waals surface area contributed by atoms with Crippen molar-refractivity contribution < 1.29 is 8.85 Å². The first kappa shape index (κ1) is 19.4. The maximum absolute atomic E-state index is 6.64. The monoisotopic (exact) mass is 304 g/mol. The van der Waals surface area contributed by atoms with Crippen LogP contribution in [0.2, 0.25) is 32.7 Å². The van der Waals surface area contributed by atoms with Gasteiger partial charge in [-0.3, -0.25) is 0 Å². The van der Waals surface area contributed by atoms with Crippen molar-refractivity contribution in [3.8, 4) is 0 Å². The van der Waals surface area contributed by atoms with Crippen molar-refractivity contribution in [1.29, 1.82) is 0 Å². The molecule has 0 saturated heterocycles. The molecule has 0 radical (unpaired) electrons. The molecule has 0 fully saturated rings. The second-order valence-electron chi connectivity index (χ2n) is 9.10. The Morgan fingerprint density at radius 3 is 1.26 bits per heavy atom. The average Bonchev–Trinajstić information content (AvgIpc) is 1.92. The van der Waals surface area contributed by atoms with Gasteiger partial charge in [0.25, 0.3) is 0 Å². The van der Waals surface area contributed by atoms with Gasteiger partial charge >= 0.3 is 0 Å². The van der Waals surface area contributed by atoms with Crippen LogP contribution < -0.4 is 0 Å². The van der Waals surface area contributed by atoms with E-state index in [0.29, 0.717) is 0 Å². The zero-order valence-electron chi connectivity index (χ0n) is 15.3. The van der Waals surface area contributed by atoms with Gasteiger partial charge in [-0.05, 0) is 65.8 Å². The molecule has 0 aromatic heterocycles. The van der Waals surface area contributed by atoms with Gasteiger partial charge in [0, 0.05) is 0 Å². The van der Waals surface area contributed by atoms with E-state index in [0.717, 1.165) is 0 Å². The standard InChI is InChI=1S/C15H36O2Si2/c1-13(2,3)14(4,5)16-19(11,12)15(6,7)17-18(8,9)10/h1-12H3. The molecule has 0 saturated carbocycles. The Morgan fingerprint density at radius 1 is 0.632 bits per heavy atom. The molecule has 0 spiro atoms. The van der Waals surface area contributed by atoms with Gasteiger partial charge in [-0.25, -0.2) is 0 Å². The molecule has 0 aliphatic heterocycles. The summed E-state index contributed by atoms with van der Waals surface area (Å²) in [6.45, 7) is 26.8. The minimum absolute atomic E-state index is 0.118. The minimum atomic E-state index is -1.97. The molecule has 2 nitrogen and oxygen atoms in total. The van der Waals surface area contributed by atoms with Crippen molar-refractivity contribution in [2.24, 2.45) is 5.41 Å². The zero-order valence-corrected chi connectivity index (χ0v) is 17.3. The fraction of sp³-hybridized carbons (Fsp3) is 1.00. The van der Waals surface area contributed by atoms with Gasteiger partial charge in [-0.15, -0.1) is 0 Å². The van der Waals surface area contributed by atoms with Gasteiger partial charge in [-0.1, -0.05) is 20.8 Å².